The maximum absolute atomic E-state index is 11.3. The van der Waals surface area contributed by atoms with Crippen molar-refractivity contribution in [3.63, 3.8) is 0 Å². The first-order valence-corrected chi connectivity index (χ1v) is 11.2. The second-order valence-electron chi connectivity index (χ2n) is 6.42. The van der Waals surface area contributed by atoms with E-state index in [1.54, 1.807) is 0 Å². The highest BCUT2D eigenvalue weighted by atomic mass is 28.3. The Kier molecular flexibility index (Phi) is 8.01. The fraction of sp³-hybridized carbons (Fsp3) is 0.812. The molecular formula is C16H28O4Si. The fourth-order valence-corrected chi connectivity index (χ4v) is 2.69. The van der Waals surface area contributed by atoms with E-state index in [0.717, 1.165) is 25.9 Å². The van der Waals surface area contributed by atoms with Gasteiger partial charge in [-0.25, -0.2) is 0 Å². The first-order chi connectivity index (χ1) is 9.90. The van der Waals surface area contributed by atoms with Gasteiger partial charge in [0.05, 0.1) is 13.2 Å². The van der Waals surface area contributed by atoms with Gasteiger partial charge in [-0.2, -0.15) is 0 Å². The van der Waals surface area contributed by atoms with E-state index in [4.69, 9.17) is 14.2 Å². The highest BCUT2D eigenvalue weighted by molar-refractivity contribution is 6.83. The minimum atomic E-state index is -1.37. The Morgan fingerprint density at radius 2 is 2.14 bits per heavy atom. The van der Waals surface area contributed by atoms with Crippen molar-refractivity contribution in [2.45, 2.75) is 70.6 Å². The van der Waals surface area contributed by atoms with Gasteiger partial charge in [0.25, 0.3) is 0 Å². The molecule has 0 aromatic heterocycles. The van der Waals surface area contributed by atoms with Crippen LogP contribution in [0.4, 0.5) is 0 Å². The normalized spacial score (nSPS) is 20.3. The molecule has 1 fully saturated rings. The smallest absolute Gasteiger partial charge is 0.305 e. The lowest BCUT2D eigenvalue weighted by molar-refractivity contribution is -0.189. The summed E-state index contributed by atoms with van der Waals surface area (Å²) in [6, 6.07) is 0. The molecule has 0 aliphatic carbocycles. The van der Waals surface area contributed by atoms with E-state index in [2.05, 4.69) is 31.1 Å². The van der Waals surface area contributed by atoms with Crippen molar-refractivity contribution in [3.05, 3.63) is 0 Å². The molecule has 0 amide bonds. The molecule has 21 heavy (non-hydrogen) atoms. The van der Waals surface area contributed by atoms with Gasteiger partial charge >= 0.3 is 5.97 Å². The van der Waals surface area contributed by atoms with Gasteiger partial charge in [-0.05, 0) is 25.7 Å². The number of carbonyl (C=O) groups excluding carboxylic acids is 1. The van der Waals surface area contributed by atoms with Crippen LogP contribution in [0.5, 0.6) is 0 Å². The van der Waals surface area contributed by atoms with Gasteiger partial charge in [0, 0.05) is 19.4 Å². The molecule has 2 atom stereocenters. The maximum Gasteiger partial charge on any atom is 0.305 e. The quantitative estimate of drug-likeness (QED) is 0.429. The molecule has 1 aliphatic rings. The van der Waals surface area contributed by atoms with Crippen LogP contribution in [0.25, 0.3) is 0 Å². The number of hydrogen-bond donors (Lipinski definition) is 0. The molecule has 1 heterocycles. The Morgan fingerprint density at radius 1 is 1.38 bits per heavy atom. The number of ether oxygens (including phenoxy) is 3. The van der Waals surface area contributed by atoms with Crippen molar-refractivity contribution < 1.29 is 19.0 Å². The predicted octanol–water partition coefficient (Wildman–Crippen LogP) is 3.12. The summed E-state index contributed by atoms with van der Waals surface area (Å²) in [6.07, 6.45) is 4.61. The molecule has 0 aromatic carbocycles. The number of hydrogen-bond acceptors (Lipinski definition) is 4. The van der Waals surface area contributed by atoms with E-state index in [0.29, 0.717) is 19.3 Å². The number of methoxy groups -OCH3 is 1. The molecule has 0 aromatic rings. The molecule has 1 saturated heterocycles. The molecule has 0 radical (unpaired) electrons. The van der Waals surface area contributed by atoms with Crippen molar-refractivity contribution in [3.8, 4) is 11.5 Å². The minimum Gasteiger partial charge on any atom is -0.469 e. The summed E-state index contributed by atoms with van der Waals surface area (Å²) in [5, 5.41) is 0. The highest BCUT2D eigenvalue weighted by Crippen LogP contribution is 2.19. The average Bonchev–Trinajstić information content (AvgIpc) is 2.44. The summed E-state index contributed by atoms with van der Waals surface area (Å²) in [5.41, 5.74) is 3.34. The van der Waals surface area contributed by atoms with Crippen molar-refractivity contribution in [1.82, 2.24) is 0 Å². The third-order valence-electron chi connectivity index (χ3n) is 3.17. The highest BCUT2D eigenvalue weighted by Gasteiger charge is 2.20. The van der Waals surface area contributed by atoms with E-state index < -0.39 is 8.07 Å². The van der Waals surface area contributed by atoms with Crippen LogP contribution in [0.1, 0.15) is 38.5 Å². The van der Waals surface area contributed by atoms with Gasteiger partial charge in [0.15, 0.2) is 6.29 Å². The monoisotopic (exact) mass is 312 g/mol. The van der Waals surface area contributed by atoms with Crippen LogP contribution in [0.2, 0.25) is 19.6 Å². The average molecular weight is 312 g/mol. The Bertz CT molecular complexity index is 372. The third kappa shape index (κ3) is 8.92. The summed E-state index contributed by atoms with van der Waals surface area (Å²) in [4.78, 5) is 11.3. The predicted molar refractivity (Wildman–Crippen MR) is 85.5 cm³/mol. The SMILES string of the molecule is COC(=O)CC[C@@H](CC#C[Si](C)(C)C)OC1CCCCO1. The van der Waals surface area contributed by atoms with Crippen molar-refractivity contribution in [2.75, 3.05) is 13.7 Å². The molecule has 1 unspecified atom stereocenters. The van der Waals surface area contributed by atoms with Crippen LogP contribution in [-0.2, 0) is 19.0 Å². The van der Waals surface area contributed by atoms with Crippen LogP contribution in [-0.4, -0.2) is 40.2 Å². The van der Waals surface area contributed by atoms with Gasteiger partial charge in [-0.1, -0.05) is 19.6 Å². The molecule has 0 spiro atoms. The lowest BCUT2D eigenvalue weighted by atomic mass is 10.1. The Balaban J connectivity index is 2.50. The van der Waals surface area contributed by atoms with E-state index in [-0.39, 0.29) is 18.4 Å². The van der Waals surface area contributed by atoms with Gasteiger partial charge in [0.2, 0.25) is 0 Å². The molecule has 0 N–H and O–H groups in total. The second-order valence-corrected chi connectivity index (χ2v) is 11.2. The van der Waals surface area contributed by atoms with Crippen molar-refractivity contribution >= 4 is 14.0 Å². The summed E-state index contributed by atoms with van der Waals surface area (Å²) >= 11 is 0. The van der Waals surface area contributed by atoms with Crippen molar-refractivity contribution in [1.29, 1.82) is 0 Å². The number of rotatable bonds is 6. The molecule has 0 saturated carbocycles. The summed E-state index contributed by atoms with van der Waals surface area (Å²) in [7, 11) is 0.0427. The van der Waals surface area contributed by atoms with Gasteiger partial charge in [0.1, 0.15) is 8.07 Å². The molecule has 0 bridgehead atoms. The maximum atomic E-state index is 11.3. The first-order valence-electron chi connectivity index (χ1n) is 7.74. The topological polar surface area (TPSA) is 44.8 Å². The lowest BCUT2D eigenvalue weighted by Gasteiger charge is -2.27. The fourth-order valence-electron chi connectivity index (χ4n) is 2.06. The van der Waals surface area contributed by atoms with E-state index in [1.165, 1.54) is 7.11 Å². The summed E-state index contributed by atoms with van der Waals surface area (Å²) < 4.78 is 16.3. The minimum absolute atomic E-state index is 0.0592. The molecule has 1 rings (SSSR count). The zero-order valence-corrected chi connectivity index (χ0v) is 14.7. The molecule has 4 nitrogen and oxygen atoms in total. The van der Waals surface area contributed by atoms with E-state index in [9.17, 15) is 4.79 Å². The van der Waals surface area contributed by atoms with Crippen LogP contribution in [0.15, 0.2) is 0 Å². The third-order valence-corrected chi connectivity index (χ3v) is 4.10. The zero-order chi connectivity index (χ0) is 15.7. The van der Waals surface area contributed by atoms with Gasteiger partial charge in [-0.3, -0.25) is 4.79 Å². The molecule has 5 heteroatoms. The molecule has 120 valence electrons. The largest absolute Gasteiger partial charge is 0.469 e. The standard InChI is InChI=1S/C16H28O4Si/c1-18-15(17)11-10-14(8-7-13-21(2,3)4)20-16-9-5-6-12-19-16/h14,16H,5-6,8-12H2,1-4H3/t14-,16?/m1/s1. The van der Waals surface area contributed by atoms with Crippen LogP contribution < -0.4 is 0 Å². The van der Waals surface area contributed by atoms with Crippen molar-refractivity contribution in [2.24, 2.45) is 0 Å². The van der Waals surface area contributed by atoms with Crippen LogP contribution in [0.3, 0.4) is 0 Å². The summed E-state index contributed by atoms with van der Waals surface area (Å²) in [5.74, 6) is 3.03. The number of carbonyl (C=O) groups is 1. The first kappa shape index (κ1) is 18.2. The second kappa shape index (κ2) is 9.24. The van der Waals surface area contributed by atoms with Crippen LogP contribution >= 0.6 is 0 Å². The molecular weight excluding hydrogens is 284 g/mol. The Labute approximate surface area is 129 Å². The van der Waals surface area contributed by atoms with E-state index in [1.807, 2.05) is 0 Å². The Morgan fingerprint density at radius 3 is 2.71 bits per heavy atom. The number of esters is 1. The van der Waals surface area contributed by atoms with E-state index >= 15 is 0 Å². The lowest BCUT2D eigenvalue weighted by Crippen LogP contribution is -2.28. The molecule has 1 aliphatic heterocycles. The van der Waals surface area contributed by atoms with Gasteiger partial charge < -0.3 is 14.2 Å². The summed E-state index contributed by atoms with van der Waals surface area (Å²) in [6.45, 7) is 7.41. The van der Waals surface area contributed by atoms with Gasteiger partial charge in [-0.15, -0.1) is 11.5 Å². The Hall–Kier alpha value is -0.833. The zero-order valence-electron chi connectivity index (χ0n) is 13.7. The van der Waals surface area contributed by atoms with Crippen LogP contribution in [0, 0.1) is 11.5 Å².